The van der Waals surface area contributed by atoms with Gasteiger partial charge in [-0.2, -0.15) is 0 Å². The number of thiocarbonyl (C=S) groups is 1. The monoisotopic (exact) mass is 579 g/mol. The Morgan fingerprint density at radius 3 is 1.90 bits per heavy atom. The van der Waals surface area contributed by atoms with Crippen molar-refractivity contribution in [2.45, 2.75) is 56.5 Å². The van der Waals surface area contributed by atoms with Crippen LogP contribution in [0.3, 0.4) is 0 Å². The second-order valence-electron chi connectivity index (χ2n) is 9.06. The summed E-state index contributed by atoms with van der Waals surface area (Å²) < 4.78 is 31.4. The topological polar surface area (TPSA) is 94.9 Å². The van der Waals surface area contributed by atoms with Crippen molar-refractivity contribution in [2.75, 3.05) is 13.2 Å². The molecule has 1 fully saturated rings. The van der Waals surface area contributed by atoms with Crippen molar-refractivity contribution in [2.24, 2.45) is 5.11 Å². The molecule has 5 atom stereocenters. The third kappa shape index (κ3) is 9.04. The van der Waals surface area contributed by atoms with Gasteiger partial charge in [-0.05, 0) is 53.1 Å². The Labute approximate surface area is 244 Å². The fourth-order valence-electron chi connectivity index (χ4n) is 4.35. The standard InChI is InChI=1S/C30H33N3O5S2/c1-2-35-30(39)40-29-26(32-33-31)28(37-20-24-16-10-5-11-17-24)27(36-19-23-14-8-4-9-15-23)25(38-29)21-34-18-22-12-6-3-7-13-22/h3-17,25-29H,2,18-21H2,1H3/t25-,26-,27+,28-,29+/m1/s1. The van der Waals surface area contributed by atoms with E-state index in [0.717, 1.165) is 16.7 Å². The Bertz CT molecular complexity index is 1220. The summed E-state index contributed by atoms with van der Waals surface area (Å²) in [5.41, 5.74) is 11.9. The van der Waals surface area contributed by atoms with Crippen LogP contribution in [0, 0.1) is 0 Å². The van der Waals surface area contributed by atoms with Crippen LogP contribution in [0.25, 0.3) is 10.4 Å². The Hall–Kier alpha value is -2.95. The molecule has 40 heavy (non-hydrogen) atoms. The largest absolute Gasteiger partial charge is 0.479 e. The zero-order valence-electron chi connectivity index (χ0n) is 22.3. The quantitative estimate of drug-likeness (QED) is 0.0948. The molecule has 210 valence electrons. The number of thioether (sulfide) groups is 1. The van der Waals surface area contributed by atoms with Crippen molar-refractivity contribution in [1.82, 2.24) is 0 Å². The Morgan fingerprint density at radius 1 is 0.850 bits per heavy atom. The van der Waals surface area contributed by atoms with Gasteiger partial charge >= 0.3 is 0 Å². The van der Waals surface area contributed by atoms with Crippen LogP contribution in [0.5, 0.6) is 0 Å². The first kappa shape index (κ1) is 30.0. The fourth-order valence-corrected chi connectivity index (χ4v) is 5.67. The van der Waals surface area contributed by atoms with Gasteiger partial charge in [0.25, 0.3) is 0 Å². The highest BCUT2D eigenvalue weighted by Crippen LogP contribution is 2.36. The first-order valence-electron chi connectivity index (χ1n) is 13.1. The van der Waals surface area contributed by atoms with Gasteiger partial charge in [0.1, 0.15) is 23.7 Å². The molecule has 1 saturated heterocycles. The predicted octanol–water partition coefficient (Wildman–Crippen LogP) is 6.83. The highest BCUT2D eigenvalue weighted by molar-refractivity contribution is 8.22. The lowest BCUT2D eigenvalue weighted by atomic mass is 9.97. The molecule has 0 N–H and O–H groups in total. The first-order valence-corrected chi connectivity index (χ1v) is 14.4. The fraction of sp³-hybridized carbons (Fsp3) is 0.367. The number of ether oxygens (including phenoxy) is 5. The number of rotatable bonds is 13. The van der Waals surface area contributed by atoms with E-state index in [1.165, 1.54) is 11.8 Å². The summed E-state index contributed by atoms with van der Waals surface area (Å²) in [5.74, 6) is 0. The third-order valence-corrected chi connectivity index (χ3v) is 7.58. The molecule has 0 spiro atoms. The molecule has 1 aliphatic rings. The molecule has 0 aromatic heterocycles. The number of benzene rings is 3. The summed E-state index contributed by atoms with van der Waals surface area (Å²) in [6, 6.07) is 28.9. The summed E-state index contributed by atoms with van der Waals surface area (Å²) in [4.78, 5) is 3.13. The van der Waals surface area contributed by atoms with E-state index in [0.29, 0.717) is 30.8 Å². The van der Waals surface area contributed by atoms with E-state index in [4.69, 9.17) is 35.9 Å². The molecule has 1 heterocycles. The zero-order valence-corrected chi connectivity index (χ0v) is 23.9. The molecule has 10 heteroatoms. The highest BCUT2D eigenvalue weighted by Gasteiger charge is 2.48. The summed E-state index contributed by atoms with van der Waals surface area (Å²) in [6.45, 7) is 3.56. The van der Waals surface area contributed by atoms with Crippen LogP contribution < -0.4 is 0 Å². The molecular weight excluding hydrogens is 546 g/mol. The second-order valence-corrected chi connectivity index (χ2v) is 10.8. The molecule has 3 aromatic carbocycles. The summed E-state index contributed by atoms with van der Waals surface area (Å²) in [6.07, 6.45) is -1.76. The van der Waals surface area contributed by atoms with Crippen LogP contribution in [0.2, 0.25) is 0 Å². The van der Waals surface area contributed by atoms with Crippen LogP contribution in [-0.4, -0.2) is 47.4 Å². The third-order valence-electron chi connectivity index (χ3n) is 6.24. The molecule has 0 amide bonds. The first-order chi connectivity index (χ1) is 19.7. The molecule has 8 nitrogen and oxygen atoms in total. The van der Waals surface area contributed by atoms with Gasteiger partial charge in [-0.3, -0.25) is 0 Å². The average Bonchev–Trinajstić information content (AvgIpc) is 2.98. The minimum Gasteiger partial charge on any atom is -0.479 e. The zero-order chi connectivity index (χ0) is 28.0. The number of nitrogens with zero attached hydrogens (tertiary/aromatic N) is 3. The van der Waals surface area contributed by atoms with Gasteiger partial charge in [0.05, 0.1) is 39.1 Å². The summed E-state index contributed by atoms with van der Waals surface area (Å²) in [7, 11) is 0. The average molecular weight is 580 g/mol. The maximum atomic E-state index is 9.51. The summed E-state index contributed by atoms with van der Waals surface area (Å²) in [5, 5.41) is 4.11. The van der Waals surface area contributed by atoms with E-state index in [9.17, 15) is 5.53 Å². The maximum Gasteiger partial charge on any atom is 0.222 e. The Kier molecular flexibility index (Phi) is 12.3. The van der Waals surface area contributed by atoms with E-state index in [-0.39, 0.29) is 6.61 Å². The van der Waals surface area contributed by atoms with Crippen molar-refractivity contribution in [1.29, 1.82) is 0 Å². The molecule has 3 aromatic rings. The lowest BCUT2D eigenvalue weighted by Gasteiger charge is -2.44. The van der Waals surface area contributed by atoms with Crippen LogP contribution >= 0.6 is 24.0 Å². The van der Waals surface area contributed by atoms with E-state index in [1.807, 2.05) is 97.9 Å². The van der Waals surface area contributed by atoms with Gasteiger partial charge in [-0.1, -0.05) is 96.1 Å². The number of azide groups is 1. The van der Waals surface area contributed by atoms with Gasteiger partial charge in [0.15, 0.2) is 0 Å². The van der Waals surface area contributed by atoms with Gasteiger partial charge in [-0.25, -0.2) is 0 Å². The molecule has 0 aliphatic carbocycles. The minimum absolute atomic E-state index is 0.237. The lowest BCUT2D eigenvalue weighted by Crippen LogP contribution is -2.59. The van der Waals surface area contributed by atoms with E-state index in [1.54, 1.807) is 0 Å². The smallest absolute Gasteiger partial charge is 0.222 e. The Balaban J connectivity index is 1.60. The van der Waals surface area contributed by atoms with Crippen LogP contribution in [0.15, 0.2) is 96.1 Å². The van der Waals surface area contributed by atoms with Crippen LogP contribution in [-0.2, 0) is 43.5 Å². The van der Waals surface area contributed by atoms with Crippen molar-refractivity contribution in [3.8, 4) is 0 Å². The van der Waals surface area contributed by atoms with Crippen molar-refractivity contribution < 1.29 is 23.7 Å². The SMILES string of the molecule is CCOC(=S)S[C@@H]1O[C@H](COCc2ccccc2)[C@H](OCc2ccccc2)[C@H](OCc2ccccc2)[C@H]1N=[N+]=[N-]. The molecule has 0 bridgehead atoms. The molecular formula is C30H33N3O5S2. The molecule has 0 radical (unpaired) electrons. The lowest BCUT2D eigenvalue weighted by molar-refractivity contribution is -0.211. The van der Waals surface area contributed by atoms with E-state index in [2.05, 4.69) is 10.0 Å². The van der Waals surface area contributed by atoms with E-state index >= 15 is 0 Å². The maximum absolute atomic E-state index is 9.51. The summed E-state index contributed by atoms with van der Waals surface area (Å²) >= 11 is 6.61. The highest BCUT2D eigenvalue weighted by atomic mass is 32.2. The van der Waals surface area contributed by atoms with Crippen LogP contribution in [0.1, 0.15) is 23.6 Å². The van der Waals surface area contributed by atoms with Gasteiger partial charge < -0.3 is 23.7 Å². The minimum atomic E-state index is -0.733. The molecule has 1 aliphatic heterocycles. The van der Waals surface area contributed by atoms with E-state index < -0.39 is 29.8 Å². The molecule has 4 rings (SSSR count). The Morgan fingerprint density at radius 2 is 1.38 bits per heavy atom. The second kappa shape index (κ2) is 16.3. The van der Waals surface area contributed by atoms with Gasteiger partial charge in [0, 0.05) is 4.91 Å². The van der Waals surface area contributed by atoms with Crippen molar-refractivity contribution in [3.63, 3.8) is 0 Å². The molecule has 0 saturated carbocycles. The number of hydrogen-bond donors (Lipinski definition) is 0. The van der Waals surface area contributed by atoms with Gasteiger partial charge in [-0.15, -0.1) is 0 Å². The normalized spacial score (nSPS) is 22.3. The van der Waals surface area contributed by atoms with Gasteiger partial charge in [0.2, 0.25) is 4.38 Å². The van der Waals surface area contributed by atoms with Crippen molar-refractivity contribution in [3.05, 3.63) is 118 Å². The molecule has 0 unspecified atom stereocenters. The van der Waals surface area contributed by atoms with Crippen molar-refractivity contribution >= 4 is 28.4 Å². The number of hydrogen-bond acceptors (Lipinski definition) is 8. The predicted molar refractivity (Wildman–Crippen MR) is 160 cm³/mol. The van der Waals surface area contributed by atoms with Crippen LogP contribution in [0.4, 0.5) is 0 Å².